The monoisotopic (exact) mass is 330 g/mol. The molecule has 8 heteroatoms. The van der Waals surface area contributed by atoms with Gasteiger partial charge < -0.3 is 25.2 Å². The molecule has 0 aliphatic heterocycles. The Morgan fingerprint density at radius 3 is 2.45 bits per heavy atom. The van der Waals surface area contributed by atoms with E-state index in [9.17, 15) is 9.59 Å². The number of urea groups is 1. The molecule has 22 heavy (non-hydrogen) atoms. The minimum atomic E-state index is -0.961. The zero-order valence-corrected chi connectivity index (χ0v) is 13.2. The number of carbonyl (C=O) groups excluding carboxylic acids is 1. The molecule has 0 aromatic heterocycles. The number of hydrogen-bond acceptors (Lipinski definition) is 4. The molecule has 0 spiro atoms. The Morgan fingerprint density at radius 1 is 1.18 bits per heavy atom. The second-order valence-corrected chi connectivity index (χ2v) is 4.73. The van der Waals surface area contributed by atoms with E-state index in [0.29, 0.717) is 29.5 Å². The Kier molecular flexibility index (Phi) is 7.31. The fourth-order valence-corrected chi connectivity index (χ4v) is 2.11. The second-order valence-electron chi connectivity index (χ2n) is 4.35. The van der Waals surface area contributed by atoms with Gasteiger partial charge in [-0.05, 0) is 18.1 Å². The smallest absolute Gasteiger partial charge is 0.314 e. The van der Waals surface area contributed by atoms with Gasteiger partial charge in [0, 0.05) is 13.1 Å². The molecule has 0 saturated carbocycles. The third kappa shape index (κ3) is 5.33. The van der Waals surface area contributed by atoms with Gasteiger partial charge in [0.2, 0.25) is 0 Å². The fraction of sp³-hybridized carbons (Fsp3) is 0.429. The van der Waals surface area contributed by atoms with E-state index in [2.05, 4.69) is 10.6 Å². The van der Waals surface area contributed by atoms with Crippen LogP contribution in [0.2, 0.25) is 5.02 Å². The van der Waals surface area contributed by atoms with Crippen LogP contribution in [-0.2, 0) is 11.2 Å². The molecule has 122 valence electrons. The highest BCUT2D eigenvalue weighted by Gasteiger charge is 2.13. The summed E-state index contributed by atoms with van der Waals surface area (Å²) in [5, 5.41) is 14.0. The number of nitrogens with one attached hydrogen (secondary N) is 2. The normalized spacial score (nSPS) is 9.95. The number of methoxy groups -OCH3 is 2. The van der Waals surface area contributed by atoms with Gasteiger partial charge in [0.1, 0.15) is 0 Å². The van der Waals surface area contributed by atoms with E-state index in [1.807, 2.05) is 0 Å². The standard InChI is InChI=1S/C14H19ClN2O5/c1-21-10-4-3-9(12(15)13(10)22-2)5-7-16-14(20)17-8-6-11(18)19/h3-4H,5-8H2,1-2H3,(H,18,19)(H2,16,17,20). The van der Waals surface area contributed by atoms with Crippen molar-refractivity contribution in [3.05, 3.63) is 22.7 Å². The Bertz CT molecular complexity index is 536. The average Bonchev–Trinajstić information content (AvgIpc) is 2.48. The lowest BCUT2D eigenvalue weighted by Gasteiger charge is -2.13. The maximum Gasteiger partial charge on any atom is 0.314 e. The van der Waals surface area contributed by atoms with Gasteiger partial charge in [-0.2, -0.15) is 0 Å². The molecule has 0 aliphatic carbocycles. The van der Waals surface area contributed by atoms with Crippen molar-refractivity contribution >= 4 is 23.6 Å². The maximum atomic E-state index is 11.4. The van der Waals surface area contributed by atoms with E-state index < -0.39 is 12.0 Å². The first-order chi connectivity index (χ1) is 10.5. The van der Waals surface area contributed by atoms with E-state index in [4.69, 9.17) is 26.2 Å². The molecule has 0 atom stereocenters. The number of aliphatic carboxylic acids is 1. The number of carboxylic acid groups (broad SMARTS) is 1. The highest BCUT2D eigenvalue weighted by molar-refractivity contribution is 6.33. The molecule has 7 nitrogen and oxygen atoms in total. The average molecular weight is 331 g/mol. The molecule has 0 saturated heterocycles. The van der Waals surface area contributed by atoms with Crippen molar-refractivity contribution in [2.75, 3.05) is 27.3 Å². The maximum absolute atomic E-state index is 11.4. The first-order valence-electron chi connectivity index (χ1n) is 6.62. The van der Waals surface area contributed by atoms with Gasteiger partial charge in [0.15, 0.2) is 11.5 Å². The molecule has 2 amide bonds. The molecule has 0 heterocycles. The van der Waals surface area contributed by atoms with Crippen LogP contribution in [0.4, 0.5) is 4.79 Å². The van der Waals surface area contributed by atoms with E-state index >= 15 is 0 Å². The minimum absolute atomic E-state index is 0.0816. The van der Waals surface area contributed by atoms with E-state index in [-0.39, 0.29) is 13.0 Å². The number of amides is 2. The Labute approximate surface area is 133 Å². The topological polar surface area (TPSA) is 96.9 Å². The summed E-state index contributed by atoms with van der Waals surface area (Å²) in [4.78, 5) is 21.8. The fourth-order valence-electron chi connectivity index (χ4n) is 1.78. The lowest BCUT2D eigenvalue weighted by Crippen LogP contribution is -2.37. The lowest BCUT2D eigenvalue weighted by molar-refractivity contribution is -0.136. The SMILES string of the molecule is COc1ccc(CCNC(=O)NCCC(=O)O)c(Cl)c1OC. The third-order valence-electron chi connectivity index (χ3n) is 2.87. The number of ether oxygens (including phenoxy) is 2. The van der Waals surface area contributed by atoms with Crippen LogP contribution in [0.3, 0.4) is 0 Å². The molecule has 0 unspecified atom stereocenters. The molecule has 0 radical (unpaired) electrons. The van der Waals surface area contributed by atoms with Crippen molar-refractivity contribution in [2.45, 2.75) is 12.8 Å². The molecular formula is C14H19ClN2O5. The quantitative estimate of drug-likeness (QED) is 0.673. The van der Waals surface area contributed by atoms with Gasteiger partial charge in [-0.25, -0.2) is 4.79 Å². The van der Waals surface area contributed by atoms with Gasteiger partial charge in [-0.3, -0.25) is 4.79 Å². The van der Waals surface area contributed by atoms with Crippen molar-refractivity contribution < 1.29 is 24.2 Å². The number of benzene rings is 1. The van der Waals surface area contributed by atoms with Crippen molar-refractivity contribution in [3.63, 3.8) is 0 Å². The Hall–Kier alpha value is -2.15. The van der Waals surface area contributed by atoms with E-state index in [1.54, 1.807) is 12.1 Å². The summed E-state index contributed by atoms with van der Waals surface area (Å²) >= 11 is 6.23. The van der Waals surface area contributed by atoms with E-state index in [1.165, 1.54) is 14.2 Å². The minimum Gasteiger partial charge on any atom is -0.493 e. The lowest BCUT2D eigenvalue weighted by atomic mass is 10.1. The molecule has 1 rings (SSSR count). The molecule has 0 fully saturated rings. The van der Waals surface area contributed by atoms with Gasteiger partial charge in [0.05, 0.1) is 25.7 Å². The zero-order chi connectivity index (χ0) is 16.5. The second kappa shape index (κ2) is 8.99. The summed E-state index contributed by atoms with van der Waals surface area (Å²) in [5.74, 6) is 0.0283. The van der Waals surface area contributed by atoms with Crippen LogP contribution in [0.25, 0.3) is 0 Å². The Balaban J connectivity index is 2.48. The largest absolute Gasteiger partial charge is 0.493 e. The predicted molar refractivity (Wildman–Crippen MR) is 81.9 cm³/mol. The summed E-state index contributed by atoms with van der Waals surface area (Å²) in [6, 6.07) is 3.12. The van der Waals surface area contributed by atoms with Crippen molar-refractivity contribution in [1.82, 2.24) is 10.6 Å². The number of halogens is 1. The van der Waals surface area contributed by atoms with Crippen LogP contribution in [0.1, 0.15) is 12.0 Å². The van der Waals surface area contributed by atoms with Gasteiger partial charge >= 0.3 is 12.0 Å². The number of rotatable bonds is 8. The van der Waals surface area contributed by atoms with Gasteiger partial charge in [0.25, 0.3) is 0 Å². The first kappa shape index (κ1) is 17.9. The zero-order valence-electron chi connectivity index (χ0n) is 12.4. The number of carboxylic acids is 1. The molecule has 1 aromatic carbocycles. The number of hydrogen-bond donors (Lipinski definition) is 3. The molecule has 3 N–H and O–H groups in total. The van der Waals surface area contributed by atoms with Crippen molar-refractivity contribution in [3.8, 4) is 11.5 Å². The summed E-state index contributed by atoms with van der Waals surface area (Å²) in [6.45, 7) is 0.437. The van der Waals surface area contributed by atoms with E-state index in [0.717, 1.165) is 5.56 Å². The molecular weight excluding hydrogens is 312 g/mol. The third-order valence-corrected chi connectivity index (χ3v) is 3.28. The van der Waals surface area contributed by atoms with Gasteiger partial charge in [-0.15, -0.1) is 0 Å². The molecule has 0 bridgehead atoms. The summed E-state index contributed by atoms with van der Waals surface area (Å²) in [7, 11) is 3.03. The molecule has 1 aromatic rings. The van der Waals surface area contributed by atoms with Crippen molar-refractivity contribution in [1.29, 1.82) is 0 Å². The summed E-state index contributed by atoms with van der Waals surface area (Å²) < 4.78 is 10.3. The van der Waals surface area contributed by atoms with Crippen LogP contribution in [0.5, 0.6) is 11.5 Å². The molecule has 0 aliphatic rings. The van der Waals surface area contributed by atoms with Crippen LogP contribution < -0.4 is 20.1 Å². The highest BCUT2D eigenvalue weighted by Crippen LogP contribution is 2.37. The van der Waals surface area contributed by atoms with Gasteiger partial charge in [-0.1, -0.05) is 17.7 Å². The number of carbonyl (C=O) groups is 2. The van der Waals surface area contributed by atoms with Crippen LogP contribution in [-0.4, -0.2) is 44.4 Å². The van der Waals surface area contributed by atoms with Crippen LogP contribution >= 0.6 is 11.6 Å². The van der Waals surface area contributed by atoms with Crippen LogP contribution in [0.15, 0.2) is 12.1 Å². The summed E-state index contributed by atoms with van der Waals surface area (Å²) in [5.41, 5.74) is 0.810. The van der Waals surface area contributed by atoms with Crippen molar-refractivity contribution in [2.24, 2.45) is 0 Å². The van der Waals surface area contributed by atoms with Crippen LogP contribution in [0, 0.1) is 0 Å². The predicted octanol–water partition coefficient (Wildman–Crippen LogP) is 1.67. The highest BCUT2D eigenvalue weighted by atomic mass is 35.5. The summed E-state index contributed by atoms with van der Waals surface area (Å²) in [6.07, 6.45) is 0.389. The first-order valence-corrected chi connectivity index (χ1v) is 7.00. The Morgan fingerprint density at radius 2 is 1.86 bits per heavy atom.